The van der Waals surface area contributed by atoms with Crippen molar-refractivity contribution in [3.63, 3.8) is 0 Å². The SMILES string of the molecule is CC(C)COc1ccc(C(=O)N(C2CC2)C(C)C(=O)O)cc1. The van der Waals surface area contributed by atoms with Gasteiger partial charge in [0.15, 0.2) is 0 Å². The number of carbonyl (C=O) groups excluding carboxylic acids is 1. The van der Waals surface area contributed by atoms with E-state index >= 15 is 0 Å². The third-order valence-electron chi connectivity index (χ3n) is 3.63. The molecule has 0 radical (unpaired) electrons. The molecule has 1 amide bonds. The number of hydrogen-bond donors (Lipinski definition) is 1. The lowest BCUT2D eigenvalue weighted by Crippen LogP contribution is -2.44. The average Bonchev–Trinajstić information content (AvgIpc) is 3.30. The minimum Gasteiger partial charge on any atom is -0.493 e. The first-order valence-electron chi connectivity index (χ1n) is 7.68. The third kappa shape index (κ3) is 4.00. The molecule has 0 heterocycles. The second kappa shape index (κ2) is 6.81. The fraction of sp³-hybridized carbons (Fsp3) is 0.529. The smallest absolute Gasteiger partial charge is 0.326 e. The van der Waals surface area contributed by atoms with Crippen molar-refractivity contribution in [2.45, 2.75) is 45.7 Å². The van der Waals surface area contributed by atoms with Gasteiger partial charge in [0, 0.05) is 11.6 Å². The maximum Gasteiger partial charge on any atom is 0.326 e. The molecule has 2 rings (SSSR count). The Kier molecular flexibility index (Phi) is 5.06. The number of benzene rings is 1. The van der Waals surface area contributed by atoms with Gasteiger partial charge in [0.05, 0.1) is 6.61 Å². The molecule has 1 fully saturated rings. The molecule has 1 aromatic carbocycles. The van der Waals surface area contributed by atoms with Crippen LogP contribution in [-0.4, -0.2) is 40.6 Å². The van der Waals surface area contributed by atoms with Gasteiger partial charge >= 0.3 is 5.97 Å². The summed E-state index contributed by atoms with van der Waals surface area (Å²) in [5, 5.41) is 9.18. The lowest BCUT2D eigenvalue weighted by Gasteiger charge is -2.26. The highest BCUT2D eigenvalue weighted by atomic mass is 16.5. The number of carboxylic acid groups (broad SMARTS) is 1. The van der Waals surface area contributed by atoms with Gasteiger partial charge in [0.1, 0.15) is 11.8 Å². The second-order valence-corrected chi connectivity index (χ2v) is 6.19. The number of nitrogens with zero attached hydrogens (tertiary/aromatic N) is 1. The molecule has 5 nitrogen and oxygen atoms in total. The molecule has 1 unspecified atom stereocenters. The first kappa shape index (κ1) is 16.3. The van der Waals surface area contributed by atoms with Gasteiger partial charge in [0.2, 0.25) is 0 Å². The number of carbonyl (C=O) groups is 2. The van der Waals surface area contributed by atoms with E-state index in [4.69, 9.17) is 4.74 Å². The zero-order valence-electron chi connectivity index (χ0n) is 13.3. The summed E-state index contributed by atoms with van der Waals surface area (Å²) < 4.78 is 5.59. The van der Waals surface area contributed by atoms with Gasteiger partial charge in [-0.05, 0) is 49.9 Å². The molecule has 0 aliphatic heterocycles. The Labute approximate surface area is 130 Å². The van der Waals surface area contributed by atoms with Crippen molar-refractivity contribution in [3.05, 3.63) is 29.8 Å². The van der Waals surface area contributed by atoms with Crippen LogP contribution in [0.2, 0.25) is 0 Å². The number of carboxylic acids is 1. The minimum atomic E-state index is -0.975. The maximum absolute atomic E-state index is 12.6. The molecule has 0 aromatic heterocycles. The second-order valence-electron chi connectivity index (χ2n) is 6.19. The highest BCUT2D eigenvalue weighted by Crippen LogP contribution is 2.30. The minimum absolute atomic E-state index is 0.0514. The summed E-state index contributed by atoms with van der Waals surface area (Å²) in [6.07, 6.45) is 1.75. The molecule has 0 bridgehead atoms. The summed E-state index contributed by atoms with van der Waals surface area (Å²) in [5.41, 5.74) is 0.497. The van der Waals surface area contributed by atoms with Crippen molar-refractivity contribution in [1.82, 2.24) is 4.90 Å². The zero-order valence-corrected chi connectivity index (χ0v) is 13.3. The Morgan fingerprint density at radius 1 is 1.23 bits per heavy atom. The predicted octanol–water partition coefficient (Wildman–Crippen LogP) is 2.80. The quantitative estimate of drug-likeness (QED) is 0.841. The largest absolute Gasteiger partial charge is 0.493 e. The summed E-state index contributed by atoms with van der Waals surface area (Å²) in [7, 11) is 0. The molecular weight excluding hydrogens is 282 g/mol. The van der Waals surface area contributed by atoms with Crippen LogP contribution in [0.15, 0.2) is 24.3 Å². The summed E-state index contributed by atoms with van der Waals surface area (Å²) in [4.78, 5) is 25.2. The van der Waals surface area contributed by atoms with Crippen molar-refractivity contribution in [2.24, 2.45) is 5.92 Å². The molecule has 1 saturated carbocycles. The molecule has 1 aliphatic carbocycles. The molecule has 0 spiro atoms. The zero-order chi connectivity index (χ0) is 16.3. The van der Waals surface area contributed by atoms with Crippen molar-refractivity contribution in [2.75, 3.05) is 6.61 Å². The van der Waals surface area contributed by atoms with Crippen LogP contribution in [-0.2, 0) is 4.79 Å². The van der Waals surface area contributed by atoms with Crippen LogP contribution >= 0.6 is 0 Å². The van der Waals surface area contributed by atoms with E-state index in [2.05, 4.69) is 13.8 Å². The van der Waals surface area contributed by atoms with Crippen LogP contribution in [0, 0.1) is 5.92 Å². The molecule has 120 valence electrons. The number of ether oxygens (including phenoxy) is 1. The van der Waals surface area contributed by atoms with Crippen LogP contribution in [0.25, 0.3) is 0 Å². The Balaban J connectivity index is 2.08. The molecule has 1 N–H and O–H groups in total. The van der Waals surface area contributed by atoms with E-state index < -0.39 is 12.0 Å². The van der Waals surface area contributed by atoms with Gasteiger partial charge in [-0.25, -0.2) is 4.79 Å². The highest BCUT2D eigenvalue weighted by Gasteiger charge is 2.38. The van der Waals surface area contributed by atoms with Crippen molar-refractivity contribution in [1.29, 1.82) is 0 Å². The maximum atomic E-state index is 12.6. The lowest BCUT2D eigenvalue weighted by molar-refractivity contribution is -0.141. The average molecular weight is 305 g/mol. The van der Waals surface area contributed by atoms with Gasteiger partial charge in [-0.15, -0.1) is 0 Å². The number of rotatable bonds is 7. The van der Waals surface area contributed by atoms with Gasteiger partial charge in [-0.2, -0.15) is 0 Å². The van der Waals surface area contributed by atoms with Crippen LogP contribution in [0.1, 0.15) is 44.0 Å². The van der Waals surface area contributed by atoms with Crippen LogP contribution in [0.3, 0.4) is 0 Å². The van der Waals surface area contributed by atoms with Crippen molar-refractivity contribution in [3.8, 4) is 5.75 Å². The van der Waals surface area contributed by atoms with Crippen molar-refractivity contribution < 1.29 is 19.4 Å². The van der Waals surface area contributed by atoms with Crippen LogP contribution in [0.4, 0.5) is 0 Å². The summed E-state index contributed by atoms with van der Waals surface area (Å²) in [6.45, 7) is 6.31. The molecule has 5 heteroatoms. The number of hydrogen-bond acceptors (Lipinski definition) is 3. The molecule has 1 aliphatic rings. The van der Waals surface area contributed by atoms with E-state index in [1.54, 1.807) is 31.2 Å². The molecule has 1 atom stereocenters. The number of amides is 1. The van der Waals surface area contributed by atoms with Gasteiger partial charge in [-0.1, -0.05) is 13.8 Å². The molecular formula is C17H23NO4. The summed E-state index contributed by atoms with van der Waals surface area (Å²) >= 11 is 0. The Hall–Kier alpha value is -2.04. The van der Waals surface area contributed by atoms with Crippen LogP contribution in [0.5, 0.6) is 5.75 Å². The van der Waals surface area contributed by atoms with E-state index in [0.29, 0.717) is 18.1 Å². The Bertz CT molecular complexity index is 534. The third-order valence-corrected chi connectivity index (χ3v) is 3.63. The molecule has 22 heavy (non-hydrogen) atoms. The van der Waals surface area contributed by atoms with E-state index in [9.17, 15) is 14.7 Å². The highest BCUT2D eigenvalue weighted by molar-refractivity contribution is 5.97. The standard InChI is InChI=1S/C17H23NO4/c1-11(2)10-22-15-8-4-13(5-9-15)16(19)18(14-6-7-14)12(3)17(20)21/h4-5,8-9,11-12,14H,6-7,10H2,1-3H3,(H,20,21). The van der Waals surface area contributed by atoms with Crippen LogP contribution < -0.4 is 4.74 Å². The van der Waals surface area contributed by atoms with Crippen molar-refractivity contribution >= 4 is 11.9 Å². The fourth-order valence-electron chi connectivity index (χ4n) is 2.24. The van der Waals surface area contributed by atoms with Gasteiger partial charge in [-0.3, -0.25) is 4.79 Å². The van der Waals surface area contributed by atoms with E-state index in [0.717, 1.165) is 18.6 Å². The topological polar surface area (TPSA) is 66.8 Å². The monoisotopic (exact) mass is 305 g/mol. The summed E-state index contributed by atoms with van der Waals surface area (Å²) in [5.74, 6) is -0.0532. The Morgan fingerprint density at radius 2 is 1.82 bits per heavy atom. The first-order chi connectivity index (χ1) is 10.4. The van der Waals surface area contributed by atoms with E-state index in [1.165, 1.54) is 4.90 Å². The molecule has 1 aromatic rings. The summed E-state index contributed by atoms with van der Waals surface area (Å²) in [6, 6.07) is 6.15. The Morgan fingerprint density at radius 3 is 2.27 bits per heavy atom. The normalized spacial score (nSPS) is 15.5. The number of aliphatic carboxylic acids is 1. The fourth-order valence-corrected chi connectivity index (χ4v) is 2.24. The first-order valence-corrected chi connectivity index (χ1v) is 7.68. The molecule has 0 saturated heterocycles. The predicted molar refractivity (Wildman–Crippen MR) is 83.1 cm³/mol. The van der Waals surface area contributed by atoms with E-state index in [-0.39, 0.29) is 11.9 Å². The van der Waals surface area contributed by atoms with E-state index in [1.807, 2.05) is 0 Å². The van der Waals surface area contributed by atoms with Gasteiger partial charge in [0.25, 0.3) is 5.91 Å². The van der Waals surface area contributed by atoms with Gasteiger partial charge < -0.3 is 14.7 Å². The lowest BCUT2D eigenvalue weighted by atomic mass is 10.1.